The average molecular weight is 398 g/mol. The number of rotatable bonds is 7. The zero-order valence-corrected chi connectivity index (χ0v) is 16.8. The molecule has 0 radical (unpaired) electrons. The quantitative estimate of drug-likeness (QED) is 0.557. The Bertz CT molecular complexity index is 876. The van der Waals surface area contributed by atoms with Crippen molar-refractivity contribution >= 4 is 27.1 Å². The minimum Gasteiger partial charge on any atom is -0.357 e. The van der Waals surface area contributed by atoms with E-state index in [2.05, 4.69) is 34.7 Å². The van der Waals surface area contributed by atoms with Gasteiger partial charge in [0.05, 0.1) is 18.8 Å². The highest BCUT2D eigenvalue weighted by atomic mass is 32.2. The van der Waals surface area contributed by atoms with E-state index in [1.165, 1.54) is 28.0 Å². The van der Waals surface area contributed by atoms with Crippen LogP contribution in [0.3, 0.4) is 0 Å². The van der Waals surface area contributed by atoms with Crippen LogP contribution in [0.5, 0.6) is 0 Å². The van der Waals surface area contributed by atoms with Crippen molar-refractivity contribution in [2.75, 3.05) is 12.8 Å². The highest BCUT2D eigenvalue weighted by Crippen LogP contribution is 2.16. The standard InChI is InChI=1S/C18H24FN3O2S2/c1-4-20-18(22-11-17-8-5-13(2)25-17)21-10-15-9-16(19)7-6-14(15)12-26(3,23)24/h5-9H,4,10-12H2,1-3H3,(H2,20,21,22). The van der Waals surface area contributed by atoms with E-state index in [1.54, 1.807) is 11.3 Å². The predicted octanol–water partition coefficient (Wildman–Crippen LogP) is 3.00. The van der Waals surface area contributed by atoms with Crippen LogP contribution in [0.1, 0.15) is 27.8 Å². The molecule has 0 unspecified atom stereocenters. The number of hydrogen-bond acceptors (Lipinski definition) is 4. The zero-order chi connectivity index (χ0) is 19.2. The largest absolute Gasteiger partial charge is 0.357 e. The summed E-state index contributed by atoms with van der Waals surface area (Å²) in [5, 5.41) is 6.38. The fourth-order valence-electron chi connectivity index (χ4n) is 2.42. The number of benzene rings is 1. The van der Waals surface area contributed by atoms with E-state index in [4.69, 9.17) is 0 Å². The molecule has 2 aromatic rings. The van der Waals surface area contributed by atoms with Crippen LogP contribution in [-0.2, 0) is 28.7 Å². The molecule has 1 heterocycles. The third-order valence-electron chi connectivity index (χ3n) is 3.56. The molecule has 0 amide bonds. The maximum absolute atomic E-state index is 13.6. The smallest absolute Gasteiger partial charge is 0.191 e. The van der Waals surface area contributed by atoms with E-state index in [0.717, 1.165) is 6.26 Å². The van der Waals surface area contributed by atoms with E-state index >= 15 is 0 Å². The highest BCUT2D eigenvalue weighted by molar-refractivity contribution is 7.89. The molecule has 8 heteroatoms. The first-order valence-electron chi connectivity index (χ1n) is 8.29. The fourth-order valence-corrected chi connectivity index (χ4v) is 4.10. The van der Waals surface area contributed by atoms with Crippen molar-refractivity contribution in [3.63, 3.8) is 0 Å². The first kappa shape index (κ1) is 20.4. The molecule has 0 fully saturated rings. The summed E-state index contributed by atoms with van der Waals surface area (Å²) in [6.07, 6.45) is 1.16. The van der Waals surface area contributed by atoms with Gasteiger partial charge in [-0.15, -0.1) is 11.3 Å². The second kappa shape index (κ2) is 9.14. The van der Waals surface area contributed by atoms with Crippen LogP contribution in [0.4, 0.5) is 4.39 Å². The monoisotopic (exact) mass is 397 g/mol. The number of aryl methyl sites for hydroxylation is 1. The number of halogens is 1. The van der Waals surface area contributed by atoms with Gasteiger partial charge in [0, 0.05) is 22.6 Å². The summed E-state index contributed by atoms with van der Waals surface area (Å²) in [6, 6.07) is 8.26. The minimum absolute atomic E-state index is 0.128. The van der Waals surface area contributed by atoms with Gasteiger partial charge in [-0.25, -0.2) is 17.8 Å². The molecule has 5 nitrogen and oxygen atoms in total. The molecule has 2 rings (SSSR count). The van der Waals surface area contributed by atoms with E-state index in [-0.39, 0.29) is 12.3 Å². The van der Waals surface area contributed by atoms with Gasteiger partial charge in [-0.2, -0.15) is 0 Å². The van der Waals surface area contributed by atoms with Crippen molar-refractivity contribution in [1.29, 1.82) is 0 Å². The molecule has 0 atom stereocenters. The molecule has 26 heavy (non-hydrogen) atoms. The van der Waals surface area contributed by atoms with Crippen molar-refractivity contribution in [3.8, 4) is 0 Å². The number of guanidine groups is 1. The number of sulfone groups is 1. The predicted molar refractivity (Wildman–Crippen MR) is 106 cm³/mol. The van der Waals surface area contributed by atoms with Crippen LogP contribution >= 0.6 is 11.3 Å². The van der Waals surface area contributed by atoms with Crippen molar-refractivity contribution in [2.45, 2.75) is 32.7 Å². The molecule has 0 saturated heterocycles. The van der Waals surface area contributed by atoms with Crippen molar-refractivity contribution in [2.24, 2.45) is 4.99 Å². The topological polar surface area (TPSA) is 70.6 Å². The normalized spacial score (nSPS) is 12.2. The lowest BCUT2D eigenvalue weighted by Crippen LogP contribution is -2.36. The summed E-state index contributed by atoms with van der Waals surface area (Å²) in [5.41, 5.74) is 1.14. The fraction of sp³-hybridized carbons (Fsp3) is 0.389. The van der Waals surface area contributed by atoms with E-state index in [1.807, 2.05) is 6.92 Å². The van der Waals surface area contributed by atoms with Gasteiger partial charge in [0.1, 0.15) is 5.82 Å². The Balaban J connectivity index is 2.13. The molecule has 1 aromatic heterocycles. The van der Waals surface area contributed by atoms with Crippen LogP contribution < -0.4 is 10.6 Å². The van der Waals surface area contributed by atoms with Gasteiger partial charge in [0.15, 0.2) is 15.8 Å². The minimum atomic E-state index is -3.21. The lowest BCUT2D eigenvalue weighted by Gasteiger charge is -2.12. The Morgan fingerprint density at radius 1 is 1.19 bits per heavy atom. The van der Waals surface area contributed by atoms with Gasteiger partial charge in [-0.3, -0.25) is 0 Å². The molecule has 0 aliphatic carbocycles. The number of nitrogens with one attached hydrogen (secondary N) is 2. The SMILES string of the molecule is CCNC(=NCc1cc(F)ccc1CS(C)(=O)=O)NCc1ccc(C)s1. The molecule has 0 bridgehead atoms. The van der Waals surface area contributed by atoms with Crippen molar-refractivity contribution in [1.82, 2.24) is 10.6 Å². The second-order valence-corrected chi connectivity index (χ2v) is 9.56. The summed E-state index contributed by atoms with van der Waals surface area (Å²) in [4.78, 5) is 6.91. The van der Waals surface area contributed by atoms with Crippen LogP contribution in [0.2, 0.25) is 0 Å². The Morgan fingerprint density at radius 2 is 1.96 bits per heavy atom. The lowest BCUT2D eigenvalue weighted by atomic mass is 10.1. The molecule has 1 aromatic carbocycles. The molecule has 0 saturated carbocycles. The molecule has 0 spiro atoms. The number of nitrogens with zero attached hydrogens (tertiary/aromatic N) is 1. The third-order valence-corrected chi connectivity index (χ3v) is 5.40. The maximum Gasteiger partial charge on any atom is 0.191 e. The molecular formula is C18H24FN3O2S2. The van der Waals surface area contributed by atoms with Crippen LogP contribution in [0.15, 0.2) is 35.3 Å². The first-order chi connectivity index (χ1) is 12.3. The number of hydrogen-bond donors (Lipinski definition) is 2. The van der Waals surface area contributed by atoms with Crippen molar-refractivity contribution in [3.05, 3.63) is 57.0 Å². The molecule has 142 valence electrons. The number of thiophene rings is 1. The van der Waals surface area contributed by atoms with Crippen molar-refractivity contribution < 1.29 is 12.8 Å². The van der Waals surface area contributed by atoms with Crippen LogP contribution in [0, 0.1) is 12.7 Å². The average Bonchev–Trinajstić information content (AvgIpc) is 2.96. The van der Waals surface area contributed by atoms with Gasteiger partial charge < -0.3 is 10.6 Å². The highest BCUT2D eigenvalue weighted by Gasteiger charge is 2.11. The van der Waals surface area contributed by atoms with E-state index in [9.17, 15) is 12.8 Å². The summed E-state index contributed by atoms with van der Waals surface area (Å²) >= 11 is 1.71. The van der Waals surface area contributed by atoms with Gasteiger partial charge in [-0.05, 0) is 49.2 Å². The molecular weight excluding hydrogens is 373 g/mol. The summed E-state index contributed by atoms with van der Waals surface area (Å²) in [7, 11) is -3.21. The van der Waals surface area contributed by atoms with E-state index in [0.29, 0.717) is 30.2 Å². The van der Waals surface area contributed by atoms with Crippen LogP contribution in [0.25, 0.3) is 0 Å². The van der Waals surface area contributed by atoms with Gasteiger partial charge >= 0.3 is 0 Å². The Kier molecular flexibility index (Phi) is 7.16. The Labute approximate surface area is 158 Å². The van der Waals surface area contributed by atoms with Gasteiger partial charge in [-0.1, -0.05) is 6.07 Å². The maximum atomic E-state index is 13.6. The summed E-state index contributed by atoms with van der Waals surface area (Å²) in [5.74, 6) is 0.0731. The first-order valence-corrected chi connectivity index (χ1v) is 11.2. The van der Waals surface area contributed by atoms with Gasteiger partial charge in [0.25, 0.3) is 0 Å². The Morgan fingerprint density at radius 3 is 2.58 bits per heavy atom. The molecule has 0 aliphatic heterocycles. The lowest BCUT2D eigenvalue weighted by molar-refractivity contribution is 0.600. The summed E-state index contributed by atoms with van der Waals surface area (Å²) < 4.78 is 36.8. The zero-order valence-electron chi connectivity index (χ0n) is 15.2. The molecule has 0 aliphatic rings. The Hall–Kier alpha value is -1.93. The van der Waals surface area contributed by atoms with E-state index < -0.39 is 15.7 Å². The van der Waals surface area contributed by atoms with Crippen LogP contribution in [-0.4, -0.2) is 27.2 Å². The second-order valence-electron chi connectivity index (χ2n) is 6.04. The third kappa shape index (κ3) is 6.76. The summed E-state index contributed by atoms with van der Waals surface area (Å²) in [6.45, 7) is 5.55. The molecule has 2 N–H and O–H groups in total. The van der Waals surface area contributed by atoms with Gasteiger partial charge in [0.2, 0.25) is 0 Å². The number of aliphatic imine (C=N–C) groups is 1.